The molecule has 3 heteroatoms. The van der Waals surface area contributed by atoms with E-state index in [2.05, 4.69) is 20.8 Å². The fourth-order valence-corrected chi connectivity index (χ4v) is 2.15. The largest absolute Gasteiger partial charge is 0.493 e. The molecule has 0 spiro atoms. The zero-order valence-electron chi connectivity index (χ0n) is 11.2. The molecule has 1 unspecified atom stereocenters. The van der Waals surface area contributed by atoms with Gasteiger partial charge in [-0.05, 0) is 24.6 Å². The van der Waals surface area contributed by atoms with Gasteiger partial charge >= 0.3 is 0 Å². The maximum atomic E-state index is 5.79. The molecule has 0 saturated carbocycles. The Bertz CT molecular complexity index is 327. The Hall–Kier alpha value is -0.670. The molecule has 0 aliphatic rings. The van der Waals surface area contributed by atoms with Crippen molar-refractivity contribution in [3.63, 3.8) is 0 Å². The van der Waals surface area contributed by atoms with Gasteiger partial charge in [0.25, 0.3) is 0 Å². The lowest BCUT2D eigenvalue weighted by Crippen LogP contribution is -2.11. The highest BCUT2D eigenvalue weighted by atomic mass is 32.2. The number of benzene rings is 1. The SMILES string of the molecule is CC(N)c1ccc(OCCSC(C)(C)C)cc1. The van der Waals surface area contributed by atoms with Gasteiger partial charge < -0.3 is 10.5 Å². The van der Waals surface area contributed by atoms with E-state index in [1.807, 2.05) is 43.0 Å². The fraction of sp³-hybridized carbons (Fsp3) is 0.571. The Morgan fingerprint density at radius 3 is 2.29 bits per heavy atom. The molecule has 0 radical (unpaired) electrons. The second-order valence-corrected chi connectivity index (χ2v) is 7.09. The van der Waals surface area contributed by atoms with Gasteiger partial charge in [0.15, 0.2) is 0 Å². The standard InChI is InChI=1S/C14H23NOS/c1-11(15)12-5-7-13(8-6-12)16-9-10-17-14(2,3)4/h5-8,11H,9-10,15H2,1-4H3. The molecule has 0 aliphatic heterocycles. The van der Waals surface area contributed by atoms with E-state index in [1.165, 1.54) is 0 Å². The summed E-state index contributed by atoms with van der Waals surface area (Å²) >= 11 is 1.92. The molecule has 0 amide bonds. The summed E-state index contributed by atoms with van der Waals surface area (Å²) in [5.74, 6) is 1.93. The lowest BCUT2D eigenvalue weighted by molar-refractivity contribution is 0.343. The zero-order valence-corrected chi connectivity index (χ0v) is 12.0. The highest BCUT2D eigenvalue weighted by Gasteiger charge is 2.09. The first-order valence-electron chi connectivity index (χ1n) is 6.01. The van der Waals surface area contributed by atoms with Crippen molar-refractivity contribution >= 4 is 11.8 Å². The van der Waals surface area contributed by atoms with Crippen LogP contribution in [0.3, 0.4) is 0 Å². The molecule has 2 nitrogen and oxygen atoms in total. The van der Waals surface area contributed by atoms with E-state index >= 15 is 0 Å². The molecular formula is C14H23NOS. The van der Waals surface area contributed by atoms with E-state index < -0.39 is 0 Å². The third-order valence-electron chi connectivity index (χ3n) is 2.29. The summed E-state index contributed by atoms with van der Waals surface area (Å²) in [6.07, 6.45) is 0. The van der Waals surface area contributed by atoms with Crippen LogP contribution in [0.4, 0.5) is 0 Å². The number of rotatable bonds is 5. The molecule has 0 bridgehead atoms. The van der Waals surface area contributed by atoms with Gasteiger partial charge in [0.05, 0.1) is 6.61 Å². The lowest BCUT2D eigenvalue weighted by Gasteiger charge is -2.17. The summed E-state index contributed by atoms with van der Waals surface area (Å²) in [6.45, 7) is 9.38. The van der Waals surface area contributed by atoms with Gasteiger partial charge in [-0.1, -0.05) is 32.9 Å². The van der Waals surface area contributed by atoms with Crippen LogP contribution in [0.1, 0.15) is 39.3 Å². The zero-order chi connectivity index (χ0) is 12.9. The molecule has 1 aromatic carbocycles. The van der Waals surface area contributed by atoms with E-state index in [-0.39, 0.29) is 6.04 Å². The summed E-state index contributed by atoms with van der Waals surface area (Å²) < 4.78 is 5.98. The molecule has 0 fully saturated rings. The van der Waals surface area contributed by atoms with Gasteiger partial charge in [0.2, 0.25) is 0 Å². The normalized spacial score (nSPS) is 13.5. The number of hydrogen-bond acceptors (Lipinski definition) is 3. The maximum absolute atomic E-state index is 5.79. The van der Waals surface area contributed by atoms with Gasteiger partial charge in [-0.2, -0.15) is 11.8 Å². The Balaban J connectivity index is 2.33. The van der Waals surface area contributed by atoms with Gasteiger partial charge in [0, 0.05) is 16.5 Å². The van der Waals surface area contributed by atoms with Crippen molar-refractivity contribution < 1.29 is 4.74 Å². The van der Waals surface area contributed by atoms with Gasteiger partial charge in [-0.15, -0.1) is 0 Å². The number of nitrogens with two attached hydrogens (primary N) is 1. The predicted octanol–water partition coefficient (Wildman–Crippen LogP) is 3.62. The van der Waals surface area contributed by atoms with Crippen molar-refractivity contribution in [2.75, 3.05) is 12.4 Å². The van der Waals surface area contributed by atoms with E-state index in [4.69, 9.17) is 10.5 Å². The molecule has 17 heavy (non-hydrogen) atoms. The molecule has 1 atom stereocenters. The molecule has 0 saturated heterocycles. The van der Waals surface area contributed by atoms with Crippen LogP contribution in [-0.2, 0) is 0 Å². The highest BCUT2D eigenvalue weighted by molar-refractivity contribution is 8.00. The highest BCUT2D eigenvalue weighted by Crippen LogP contribution is 2.23. The summed E-state index contributed by atoms with van der Waals surface area (Å²) in [6, 6.07) is 8.11. The van der Waals surface area contributed by atoms with Crippen molar-refractivity contribution in [1.29, 1.82) is 0 Å². The van der Waals surface area contributed by atoms with Crippen LogP contribution in [0.25, 0.3) is 0 Å². The average Bonchev–Trinajstić information content (AvgIpc) is 2.24. The topological polar surface area (TPSA) is 35.2 Å². The third-order valence-corrected chi connectivity index (χ3v) is 3.53. The minimum absolute atomic E-state index is 0.0838. The van der Waals surface area contributed by atoms with E-state index in [0.29, 0.717) is 4.75 Å². The minimum atomic E-state index is 0.0838. The first-order chi connectivity index (χ1) is 7.88. The molecule has 0 aliphatic carbocycles. The molecule has 0 heterocycles. The summed E-state index contributed by atoms with van der Waals surface area (Å²) in [5, 5.41) is 0. The van der Waals surface area contributed by atoms with Crippen LogP contribution >= 0.6 is 11.8 Å². The van der Waals surface area contributed by atoms with Crippen LogP contribution in [-0.4, -0.2) is 17.1 Å². The first kappa shape index (κ1) is 14.4. The fourth-order valence-electron chi connectivity index (χ4n) is 1.37. The second-order valence-electron chi connectivity index (χ2n) is 5.17. The van der Waals surface area contributed by atoms with Gasteiger partial charge in [-0.3, -0.25) is 0 Å². The molecular weight excluding hydrogens is 230 g/mol. The van der Waals surface area contributed by atoms with Gasteiger partial charge in [-0.25, -0.2) is 0 Å². The third kappa shape index (κ3) is 5.99. The molecule has 1 aromatic rings. The van der Waals surface area contributed by atoms with Crippen LogP contribution in [0.2, 0.25) is 0 Å². The Labute approximate surface area is 109 Å². The second kappa shape index (κ2) is 6.31. The van der Waals surface area contributed by atoms with Crippen molar-refractivity contribution in [1.82, 2.24) is 0 Å². The molecule has 1 rings (SSSR count). The average molecular weight is 253 g/mol. The molecule has 2 N–H and O–H groups in total. The quantitative estimate of drug-likeness (QED) is 0.814. The first-order valence-corrected chi connectivity index (χ1v) is 6.99. The molecule has 0 aromatic heterocycles. The van der Waals surface area contributed by atoms with Crippen molar-refractivity contribution in [3.8, 4) is 5.75 Å². The van der Waals surface area contributed by atoms with E-state index in [0.717, 1.165) is 23.7 Å². The lowest BCUT2D eigenvalue weighted by atomic mass is 10.1. The molecule has 96 valence electrons. The van der Waals surface area contributed by atoms with Gasteiger partial charge in [0.1, 0.15) is 5.75 Å². The van der Waals surface area contributed by atoms with Crippen molar-refractivity contribution in [2.24, 2.45) is 5.73 Å². The van der Waals surface area contributed by atoms with Crippen molar-refractivity contribution in [3.05, 3.63) is 29.8 Å². The van der Waals surface area contributed by atoms with Crippen molar-refractivity contribution in [2.45, 2.75) is 38.5 Å². The number of ether oxygens (including phenoxy) is 1. The van der Waals surface area contributed by atoms with E-state index in [9.17, 15) is 0 Å². The predicted molar refractivity (Wildman–Crippen MR) is 76.8 cm³/mol. The van der Waals surface area contributed by atoms with E-state index in [1.54, 1.807) is 0 Å². The summed E-state index contributed by atoms with van der Waals surface area (Å²) in [5.41, 5.74) is 6.93. The van der Waals surface area contributed by atoms with Crippen LogP contribution in [0.5, 0.6) is 5.75 Å². The maximum Gasteiger partial charge on any atom is 0.119 e. The van der Waals surface area contributed by atoms with Crippen LogP contribution in [0.15, 0.2) is 24.3 Å². The number of hydrogen-bond donors (Lipinski definition) is 1. The summed E-state index contributed by atoms with van der Waals surface area (Å²) in [7, 11) is 0. The smallest absolute Gasteiger partial charge is 0.119 e. The minimum Gasteiger partial charge on any atom is -0.493 e. The summed E-state index contributed by atoms with van der Waals surface area (Å²) in [4.78, 5) is 0. The monoisotopic (exact) mass is 253 g/mol. The van der Waals surface area contributed by atoms with Crippen LogP contribution < -0.4 is 10.5 Å². The Morgan fingerprint density at radius 2 is 1.82 bits per heavy atom. The Morgan fingerprint density at radius 1 is 1.24 bits per heavy atom. The Kier molecular flexibility index (Phi) is 5.34. The number of thioether (sulfide) groups is 1. The van der Waals surface area contributed by atoms with Crippen LogP contribution in [0, 0.1) is 0 Å².